The third-order valence-corrected chi connectivity index (χ3v) is 7.82. The normalized spacial score (nSPS) is 26.3. The van der Waals surface area contributed by atoms with Gasteiger partial charge in [0, 0.05) is 24.6 Å². The quantitative estimate of drug-likeness (QED) is 0.734. The summed E-state index contributed by atoms with van der Waals surface area (Å²) in [7, 11) is 0. The van der Waals surface area contributed by atoms with E-state index in [1.807, 2.05) is 24.0 Å². The molecule has 1 saturated carbocycles. The van der Waals surface area contributed by atoms with Crippen molar-refractivity contribution in [1.29, 1.82) is 0 Å². The summed E-state index contributed by atoms with van der Waals surface area (Å²) in [5.74, 6) is 0.731. The fourth-order valence-corrected chi connectivity index (χ4v) is 6.03. The van der Waals surface area contributed by atoms with E-state index in [9.17, 15) is 14.7 Å². The van der Waals surface area contributed by atoms with Gasteiger partial charge >= 0.3 is 5.63 Å². The van der Waals surface area contributed by atoms with E-state index in [1.165, 1.54) is 0 Å². The molecule has 2 fully saturated rings. The molecule has 1 saturated heterocycles. The zero-order valence-corrected chi connectivity index (χ0v) is 19.1. The molecule has 2 heterocycles. The van der Waals surface area contributed by atoms with Crippen molar-refractivity contribution in [1.82, 2.24) is 4.90 Å². The van der Waals surface area contributed by atoms with Crippen molar-refractivity contribution in [3.05, 3.63) is 39.2 Å². The SMILES string of the molecule is Cc1cc(O[C@H](C)C(=O)N2CC[C@@]3(O)CCCC[C@H]3C2)c2c3c(c(=O)oc2c1)CCCC3. The minimum Gasteiger partial charge on any atom is -0.480 e. The first-order valence-electron chi connectivity index (χ1n) is 12.1. The average molecular weight is 440 g/mol. The van der Waals surface area contributed by atoms with Crippen LogP contribution in [0.5, 0.6) is 5.75 Å². The molecular weight excluding hydrogens is 406 g/mol. The van der Waals surface area contributed by atoms with E-state index >= 15 is 0 Å². The second kappa shape index (κ2) is 8.22. The Bertz CT molecular complexity index is 1110. The number of amides is 1. The Balaban J connectivity index is 1.42. The molecule has 5 rings (SSSR count). The maximum absolute atomic E-state index is 13.3. The van der Waals surface area contributed by atoms with Crippen LogP contribution in [0.15, 0.2) is 21.3 Å². The number of likely N-dealkylation sites (tertiary alicyclic amines) is 1. The lowest BCUT2D eigenvalue weighted by Gasteiger charge is -2.47. The number of aryl methyl sites for hydroxylation is 2. The van der Waals surface area contributed by atoms with Gasteiger partial charge in [-0.1, -0.05) is 12.8 Å². The van der Waals surface area contributed by atoms with Crippen molar-refractivity contribution >= 4 is 16.9 Å². The van der Waals surface area contributed by atoms with Gasteiger partial charge in [0.1, 0.15) is 11.3 Å². The van der Waals surface area contributed by atoms with Crippen molar-refractivity contribution < 1.29 is 19.1 Å². The molecule has 1 aliphatic heterocycles. The van der Waals surface area contributed by atoms with Gasteiger partial charge in [0.05, 0.1) is 11.0 Å². The number of rotatable bonds is 3. The van der Waals surface area contributed by atoms with Gasteiger partial charge < -0.3 is 19.2 Å². The fourth-order valence-electron chi connectivity index (χ4n) is 6.03. The molecule has 1 amide bonds. The van der Waals surface area contributed by atoms with E-state index in [4.69, 9.17) is 9.15 Å². The van der Waals surface area contributed by atoms with Gasteiger partial charge in [-0.25, -0.2) is 4.79 Å². The molecule has 172 valence electrons. The van der Waals surface area contributed by atoms with Crippen molar-refractivity contribution in [2.45, 2.75) is 83.3 Å². The summed E-state index contributed by atoms with van der Waals surface area (Å²) in [6, 6.07) is 3.82. The van der Waals surface area contributed by atoms with E-state index in [2.05, 4.69) is 0 Å². The molecule has 2 aliphatic carbocycles. The second-order valence-corrected chi connectivity index (χ2v) is 10.0. The summed E-state index contributed by atoms with van der Waals surface area (Å²) < 4.78 is 11.9. The van der Waals surface area contributed by atoms with Gasteiger partial charge in [0.15, 0.2) is 6.10 Å². The summed E-state index contributed by atoms with van der Waals surface area (Å²) >= 11 is 0. The Kier molecular flexibility index (Phi) is 5.52. The molecule has 6 heteroatoms. The van der Waals surface area contributed by atoms with Crippen LogP contribution in [-0.4, -0.2) is 40.7 Å². The van der Waals surface area contributed by atoms with Gasteiger partial charge in [0.25, 0.3) is 5.91 Å². The van der Waals surface area contributed by atoms with Crippen LogP contribution in [0.2, 0.25) is 0 Å². The van der Waals surface area contributed by atoms with Crippen LogP contribution in [0.25, 0.3) is 11.0 Å². The second-order valence-electron chi connectivity index (χ2n) is 10.0. The molecule has 1 N–H and O–H groups in total. The van der Waals surface area contributed by atoms with Crippen molar-refractivity contribution in [3.63, 3.8) is 0 Å². The lowest BCUT2D eigenvalue weighted by molar-refractivity contribution is -0.149. The molecule has 3 aliphatic rings. The van der Waals surface area contributed by atoms with Crippen LogP contribution in [0.4, 0.5) is 0 Å². The van der Waals surface area contributed by atoms with Gasteiger partial charge in [-0.2, -0.15) is 0 Å². The topological polar surface area (TPSA) is 80.0 Å². The highest BCUT2D eigenvalue weighted by atomic mass is 16.5. The predicted molar refractivity (Wildman–Crippen MR) is 122 cm³/mol. The number of piperidine rings is 1. The summed E-state index contributed by atoms with van der Waals surface area (Å²) in [6.45, 7) is 4.90. The molecule has 2 aromatic rings. The first-order chi connectivity index (χ1) is 15.4. The van der Waals surface area contributed by atoms with Crippen LogP contribution in [-0.2, 0) is 17.6 Å². The monoisotopic (exact) mass is 439 g/mol. The number of aliphatic hydroxyl groups is 1. The molecule has 0 radical (unpaired) electrons. The zero-order valence-electron chi connectivity index (χ0n) is 19.1. The standard InChI is InChI=1S/C26H33NO5/c1-16-13-21(23-19-8-3-4-9-20(19)25(29)32-22(23)14-16)31-17(2)24(28)27-12-11-26(30)10-6-5-7-18(26)15-27/h13-14,17-18,30H,3-12,15H2,1-2H3/t17-,18+,26+/m1/s1. The average Bonchev–Trinajstić information content (AvgIpc) is 2.77. The minimum atomic E-state index is -0.652. The van der Waals surface area contributed by atoms with Crippen molar-refractivity contribution in [2.24, 2.45) is 5.92 Å². The molecule has 1 aromatic carbocycles. The highest BCUT2D eigenvalue weighted by Gasteiger charge is 2.44. The molecule has 1 aromatic heterocycles. The number of carbonyl (C=O) groups excluding carboxylic acids is 1. The van der Waals surface area contributed by atoms with Gasteiger partial charge in [-0.15, -0.1) is 0 Å². The number of carbonyl (C=O) groups is 1. The highest BCUT2D eigenvalue weighted by molar-refractivity contribution is 5.89. The summed E-state index contributed by atoms with van der Waals surface area (Å²) in [5.41, 5.74) is 2.38. The Hall–Kier alpha value is -2.34. The third kappa shape index (κ3) is 3.72. The molecule has 6 nitrogen and oxygen atoms in total. The fraction of sp³-hybridized carbons (Fsp3) is 0.615. The molecule has 0 unspecified atom stereocenters. The van der Waals surface area contributed by atoms with E-state index in [0.29, 0.717) is 30.8 Å². The Morgan fingerprint density at radius 3 is 2.78 bits per heavy atom. The van der Waals surface area contributed by atoms with Gasteiger partial charge in [0.2, 0.25) is 0 Å². The number of hydrogen-bond acceptors (Lipinski definition) is 5. The Morgan fingerprint density at radius 1 is 1.19 bits per heavy atom. The van der Waals surface area contributed by atoms with Crippen LogP contribution in [0.1, 0.15) is 68.6 Å². The molecular formula is C26H33NO5. The number of nitrogens with zero attached hydrogens (tertiary/aromatic N) is 1. The first-order valence-corrected chi connectivity index (χ1v) is 12.1. The smallest absolute Gasteiger partial charge is 0.339 e. The minimum absolute atomic E-state index is 0.0430. The molecule has 0 spiro atoms. The van der Waals surface area contributed by atoms with E-state index in [0.717, 1.165) is 73.4 Å². The van der Waals surface area contributed by atoms with E-state index in [-0.39, 0.29) is 17.5 Å². The van der Waals surface area contributed by atoms with Gasteiger partial charge in [-0.05, 0) is 82.1 Å². The lowest BCUT2D eigenvalue weighted by atomic mass is 9.71. The maximum atomic E-state index is 13.3. The van der Waals surface area contributed by atoms with Crippen molar-refractivity contribution in [2.75, 3.05) is 13.1 Å². The summed E-state index contributed by atoms with van der Waals surface area (Å²) in [5, 5.41) is 11.8. The van der Waals surface area contributed by atoms with Crippen LogP contribution < -0.4 is 10.4 Å². The predicted octanol–water partition coefficient (Wildman–Crippen LogP) is 3.90. The van der Waals surface area contributed by atoms with E-state index < -0.39 is 11.7 Å². The van der Waals surface area contributed by atoms with Crippen LogP contribution >= 0.6 is 0 Å². The molecule has 0 bridgehead atoms. The third-order valence-electron chi connectivity index (χ3n) is 7.82. The zero-order chi connectivity index (χ0) is 22.5. The number of benzene rings is 1. The molecule has 32 heavy (non-hydrogen) atoms. The van der Waals surface area contributed by atoms with Crippen LogP contribution in [0, 0.1) is 12.8 Å². The van der Waals surface area contributed by atoms with Crippen molar-refractivity contribution in [3.8, 4) is 5.75 Å². The van der Waals surface area contributed by atoms with E-state index in [1.54, 1.807) is 6.92 Å². The lowest BCUT2D eigenvalue weighted by Crippen LogP contribution is -2.56. The maximum Gasteiger partial charge on any atom is 0.339 e. The number of ether oxygens (including phenoxy) is 1. The molecule has 3 atom stereocenters. The Labute approximate surface area is 188 Å². The number of fused-ring (bicyclic) bond motifs is 4. The summed E-state index contributed by atoms with van der Waals surface area (Å²) in [6.07, 6.45) is 7.57. The van der Waals surface area contributed by atoms with Gasteiger partial charge in [-0.3, -0.25) is 4.79 Å². The largest absolute Gasteiger partial charge is 0.480 e. The van der Waals surface area contributed by atoms with Crippen LogP contribution in [0.3, 0.4) is 0 Å². The Morgan fingerprint density at radius 2 is 1.97 bits per heavy atom. The number of hydrogen-bond donors (Lipinski definition) is 1. The first kappa shape index (κ1) is 21.5. The summed E-state index contributed by atoms with van der Waals surface area (Å²) in [4.78, 5) is 27.6. The highest BCUT2D eigenvalue weighted by Crippen LogP contribution is 2.40.